The summed E-state index contributed by atoms with van der Waals surface area (Å²) in [4.78, 5) is 11.6. The molecule has 1 amide bonds. The highest BCUT2D eigenvalue weighted by molar-refractivity contribution is 9.10. The van der Waals surface area contributed by atoms with Crippen LogP contribution in [0.3, 0.4) is 0 Å². The Morgan fingerprint density at radius 2 is 2.33 bits per heavy atom. The number of hydrogen-bond acceptors (Lipinski definition) is 2. The maximum absolute atomic E-state index is 11.6. The molecule has 0 unspecified atom stereocenters. The summed E-state index contributed by atoms with van der Waals surface area (Å²) in [5, 5.41) is 2.79. The molecule has 1 rings (SSSR count). The van der Waals surface area contributed by atoms with Gasteiger partial charge >= 0.3 is 0 Å². The van der Waals surface area contributed by atoms with Crippen molar-refractivity contribution in [1.29, 1.82) is 0 Å². The van der Waals surface area contributed by atoms with Crippen molar-refractivity contribution in [2.24, 2.45) is 12.8 Å². The molecule has 0 atom stereocenters. The predicted molar refractivity (Wildman–Crippen MR) is 66.4 cm³/mol. The summed E-state index contributed by atoms with van der Waals surface area (Å²) >= 11 is 3.31. The van der Waals surface area contributed by atoms with E-state index in [1.807, 2.05) is 13.2 Å². The lowest BCUT2D eigenvalue weighted by Crippen LogP contribution is -2.27. The Bertz CT molecular complexity index is 327. The van der Waals surface area contributed by atoms with Crippen molar-refractivity contribution in [3.05, 3.63) is 22.4 Å². The third-order valence-corrected chi connectivity index (χ3v) is 2.30. The summed E-state index contributed by atoms with van der Waals surface area (Å²) in [6.07, 6.45) is 2.65. The Balaban J connectivity index is 0.00000196. The predicted octanol–water partition coefficient (Wildman–Crippen LogP) is 1.29. The third kappa shape index (κ3) is 4.24. The molecule has 0 saturated heterocycles. The molecule has 1 aromatic rings. The van der Waals surface area contributed by atoms with Gasteiger partial charge < -0.3 is 15.6 Å². The van der Waals surface area contributed by atoms with Crippen LogP contribution < -0.4 is 11.1 Å². The van der Waals surface area contributed by atoms with Crippen LogP contribution in [0.1, 0.15) is 16.9 Å². The molecule has 0 bridgehead atoms. The molecule has 6 heteroatoms. The van der Waals surface area contributed by atoms with Crippen LogP contribution in [0.25, 0.3) is 0 Å². The fraction of sp³-hybridized carbons (Fsp3) is 0.444. The van der Waals surface area contributed by atoms with E-state index >= 15 is 0 Å². The first kappa shape index (κ1) is 14.5. The van der Waals surface area contributed by atoms with Gasteiger partial charge in [0.2, 0.25) is 0 Å². The number of carbonyl (C=O) groups is 1. The molecule has 0 spiro atoms. The lowest BCUT2D eigenvalue weighted by atomic mass is 10.3. The van der Waals surface area contributed by atoms with Crippen LogP contribution in [0.15, 0.2) is 16.7 Å². The molecule has 0 aliphatic heterocycles. The minimum atomic E-state index is -0.0633. The number of nitrogens with zero attached hydrogens (tertiary/aromatic N) is 1. The molecule has 3 N–H and O–H groups in total. The summed E-state index contributed by atoms with van der Waals surface area (Å²) in [5.41, 5.74) is 5.97. The van der Waals surface area contributed by atoms with Crippen LogP contribution in [0.5, 0.6) is 0 Å². The van der Waals surface area contributed by atoms with Crippen LogP contribution in [0.4, 0.5) is 0 Å². The molecule has 4 nitrogen and oxygen atoms in total. The van der Waals surface area contributed by atoms with Gasteiger partial charge in [0.25, 0.3) is 5.91 Å². The van der Waals surface area contributed by atoms with E-state index in [1.165, 1.54) is 0 Å². The van der Waals surface area contributed by atoms with Gasteiger partial charge in [-0.15, -0.1) is 12.4 Å². The van der Waals surface area contributed by atoms with E-state index in [0.29, 0.717) is 18.8 Å². The summed E-state index contributed by atoms with van der Waals surface area (Å²) in [6, 6.07) is 1.79. The van der Waals surface area contributed by atoms with Gasteiger partial charge in [0.15, 0.2) is 0 Å². The van der Waals surface area contributed by atoms with Gasteiger partial charge in [-0.3, -0.25) is 4.79 Å². The number of nitrogens with two attached hydrogens (primary N) is 1. The summed E-state index contributed by atoms with van der Waals surface area (Å²) in [6.45, 7) is 1.22. The first-order chi connectivity index (χ1) is 6.65. The number of carbonyl (C=O) groups excluding carboxylic acids is 1. The van der Waals surface area contributed by atoms with E-state index in [0.717, 1.165) is 10.9 Å². The van der Waals surface area contributed by atoms with Crippen LogP contribution in [-0.4, -0.2) is 23.6 Å². The van der Waals surface area contributed by atoms with Gasteiger partial charge in [-0.1, -0.05) is 0 Å². The lowest BCUT2D eigenvalue weighted by Gasteiger charge is -2.04. The smallest absolute Gasteiger partial charge is 0.267 e. The number of aryl methyl sites for hydroxylation is 1. The Morgan fingerprint density at radius 3 is 2.80 bits per heavy atom. The number of amides is 1. The summed E-state index contributed by atoms with van der Waals surface area (Å²) in [7, 11) is 1.84. The van der Waals surface area contributed by atoms with E-state index in [4.69, 9.17) is 5.73 Å². The highest BCUT2D eigenvalue weighted by atomic mass is 79.9. The van der Waals surface area contributed by atoms with Crippen molar-refractivity contribution >= 4 is 34.2 Å². The molecular formula is C9H15BrClN3O. The molecule has 1 heterocycles. The highest BCUT2D eigenvalue weighted by Gasteiger charge is 2.09. The minimum absolute atomic E-state index is 0. The Labute approximate surface area is 104 Å². The zero-order valence-corrected chi connectivity index (χ0v) is 10.9. The number of rotatable bonds is 4. The topological polar surface area (TPSA) is 60.0 Å². The second kappa shape index (κ2) is 6.87. The van der Waals surface area contributed by atoms with Gasteiger partial charge in [-0.25, -0.2) is 0 Å². The second-order valence-corrected chi connectivity index (χ2v) is 3.97. The van der Waals surface area contributed by atoms with Gasteiger partial charge in [0.1, 0.15) is 5.69 Å². The Hall–Kier alpha value is -0.520. The Morgan fingerprint density at radius 1 is 1.67 bits per heavy atom. The fourth-order valence-electron chi connectivity index (χ4n) is 1.14. The molecule has 0 saturated carbocycles. The zero-order chi connectivity index (χ0) is 10.6. The Kier molecular flexibility index (Phi) is 6.63. The maximum Gasteiger partial charge on any atom is 0.267 e. The van der Waals surface area contributed by atoms with E-state index in [1.54, 1.807) is 10.6 Å². The molecule has 15 heavy (non-hydrogen) atoms. The quantitative estimate of drug-likeness (QED) is 0.823. The van der Waals surface area contributed by atoms with Gasteiger partial charge in [-0.2, -0.15) is 0 Å². The summed E-state index contributed by atoms with van der Waals surface area (Å²) in [5.74, 6) is -0.0633. The number of nitrogens with one attached hydrogen (secondary N) is 1. The average molecular weight is 297 g/mol. The molecular weight excluding hydrogens is 281 g/mol. The van der Waals surface area contributed by atoms with Crippen molar-refractivity contribution in [3.63, 3.8) is 0 Å². The fourth-order valence-corrected chi connectivity index (χ4v) is 1.67. The molecule has 0 aliphatic carbocycles. The summed E-state index contributed by atoms with van der Waals surface area (Å²) < 4.78 is 2.69. The van der Waals surface area contributed by atoms with E-state index in [9.17, 15) is 4.79 Å². The SMILES string of the molecule is Cl.Cn1cc(Br)cc1C(=O)NCCCN. The second-order valence-electron chi connectivity index (χ2n) is 3.05. The highest BCUT2D eigenvalue weighted by Crippen LogP contribution is 2.13. The van der Waals surface area contributed by atoms with E-state index < -0.39 is 0 Å². The van der Waals surface area contributed by atoms with Crippen molar-refractivity contribution in [3.8, 4) is 0 Å². The first-order valence-corrected chi connectivity index (χ1v) is 5.24. The van der Waals surface area contributed by atoms with Crippen LogP contribution >= 0.6 is 28.3 Å². The zero-order valence-electron chi connectivity index (χ0n) is 8.50. The van der Waals surface area contributed by atoms with Crippen molar-refractivity contribution in [2.75, 3.05) is 13.1 Å². The largest absolute Gasteiger partial charge is 0.351 e. The molecule has 0 aliphatic rings. The van der Waals surface area contributed by atoms with Gasteiger partial charge in [0, 0.05) is 24.3 Å². The number of halogens is 2. The van der Waals surface area contributed by atoms with Crippen molar-refractivity contribution in [2.45, 2.75) is 6.42 Å². The van der Waals surface area contributed by atoms with Crippen molar-refractivity contribution in [1.82, 2.24) is 9.88 Å². The molecule has 0 aromatic carbocycles. The van der Waals surface area contributed by atoms with E-state index in [2.05, 4.69) is 21.2 Å². The third-order valence-electron chi connectivity index (χ3n) is 1.87. The van der Waals surface area contributed by atoms with Gasteiger partial charge in [-0.05, 0) is 35.0 Å². The maximum atomic E-state index is 11.6. The molecule has 0 fully saturated rings. The molecule has 1 aromatic heterocycles. The number of aromatic nitrogens is 1. The van der Waals surface area contributed by atoms with Crippen LogP contribution in [0, 0.1) is 0 Å². The standard InChI is InChI=1S/C9H14BrN3O.ClH/c1-13-6-7(10)5-8(13)9(14)12-4-2-3-11;/h5-6H,2-4,11H2,1H3,(H,12,14);1H. The molecule has 86 valence electrons. The molecule has 0 radical (unpaired) electrons. The normalized spacial score (nSPS) is 9.53. The lowest BCUT2D eigenvalue weighted by molar-refractivity contribution is 0.0945. The monoisotopic (exact) mass is 295 g/mol. The van der Waals surface area contributed by atoms with Crippen molar-refractivity contribution < 1.29 is 4.79 Å². The van der Waals surface area contributed by atoms with Gasteiger partial charge in [0.05, 0.1) is 0 Å². The first-order valence-electron chi connectivity index (χ1n) is 4.45. The van der Waals surface area contributed by atoms with Crippen LogP contribution in [0.2, 0.25) is 0 Å². The average Bonchev–Trinajstić information content (AvgIpc) is 2.45. The number of hydrogen-bond donors (Lipinski definition) is 2. The van der Waals surface area contributed by atoms with E-state index in [-0.39, 0.29) is 18.3 Å². The minimum Gasteiger partial charge on any atom is -0.351 e. The van der Waals surface area contributed by atoms with Crippen LogP contribution in [-0.2, 0) is 7.05 Å².